The van der Waals surface area contributed by atoms with Crippen LogP contribution in [0.3, 0.4) is 0 Å². The monoisotopic (exact) mass is 443 g/mol. The van der Waals surface area contributed by atoms with E-state index in [1.807, 2.05) is 6.07 Å². The number of hydrogen-bond acceptors (Lipinski definition) is 5. The van der Waals surface area contributed by atoms with Crippen molar-refractivity contribution in [2.45, 2.75) is 57.8 Å². The van der Waals surface area contributed by atoms with Crippen LogP contribution in [0.15, 0.2) is 24.3 Å². The Hall–Kier alpha value is -3.12. The summed E-state index contributed by atoms with van der Waals surface area (Å²) < 4.78 is 45.7. The van der Waals surface area contributed by atoms with Gasteiger partial charge in [0.15, 0.2) is 5.69 Å². The number of imidazole rings is 1. The molecule has 2 aromatic heterocycles. The predicted molar refractivity (Wildman–Crippen MR) is 114 cm³/mol. The zero-order valence-corrected chi connectivity index (χ0v) is 17.7. The Bertz CT molecular complexity index is 1140. The van der Waals surface area contributed by atoms with Gasteiger partial charge in [0.05, 0.1) is 29.9 Å². The highest BCUT2D eigenvalue weighted by Gasteiger charge is 2.35. The summed E-state index contributed by atoms with van der Waals surface area (Å²) in [7, 11) is 0. The van der Waals surface area contributed by atoms with Crippen molar-refractivity contribution in [3.63, 3.8) is 0 Å². The first-order valence-corrected chi connectivity index (χ1v) is 10.8. The number of nitrogens with one attached hydrogen (secondary N) is 2. The lowest BCUT2D eigenvalue weighted by Gasteiger charge is -2.22. The number of hydrogen-bond donors (Lipinski definition) is 2. The number of ether oxygens (including phenoxy) is 1. The summed E-state index contributed by atoms with van der Waals surface area (Å²) >= 11 is 0. The van der Waals surface area contributed by atoms with Gasteiger partial charge in [0.1, 0.15) is 23.2 Å². The largest absolute Gasteiger partial charge is 0.493 e. The molecule has 32 heavy (non-hydrogen) atoms. The van der Waals surface area contributed by atoms with Crippen LogP contribution in [0.5, 0.6) is 5.75 Å². The first kappa shape index (κ1) is 22.1. The van der Waals surface area contributed by atoms with Crippen LogP contribution in [0, 0.1) is 11.3 Å². The van der Waals surface area contributed by atoms with Crippen molar-refractivity contribution >= 4 is 11.0 Å². The maximum absolute atomic E-state index is 13.5. The van der Waals surface area contributed by atoms with Crippen LogP contribution in [-0.4, -0.2) is 27.6 Å². The third-order valence-electron chi connectivity index (χ3n) is 5.67. The average molecular weight is 443 g/mol. The fourth-order valence-corrected chi connectivity index (χ4v) is 4.11. The van der Waals surface area contributed by atoms with Gasteiger partial charge >= 0.3 is 6.18 Å². The van der Waals surface area contributed by atoms with E-state index in [9.17, 15) is 18.4 Å². The molecule has 0 spiro atoms. The van der Waals surface area contributed by atoms with E-state index < -0.39 is 11.7 Å². The molecule has 0 bridgehead atoms. The fraction of sp³-hybridized carbons (Fsp3) is 0.435. The molecule has 2 heterocycles. The Morgan fingerprint density at radius 2 is 1.97 bits per heavy atom. The molecule has 0 unspecified atom stereocenters. The van der Waals surface area contributed by atoms with E-state index in [1.165, 1.54) is 31.4 Å². The van der Waals surface area contributed by atoms with Crippen LogP contribution in [0.4, 0.5) is 13.2 Å². The average Bonchev–Trinajstić information content (AvgIpc) is 3.20. The van der Waals surface area contributed by atoms with Crippen LogP contribution in [0.1, 0.15) is 56.1 Å². The molecule has 6 nitrogen and oxygen atoms in total. The Morgan fingerprint density at radius 3 is 2.66 bits per heavy atom. The Balaban J connectivity index is 1.67. The number of fused-ring (bicyclic) bond motifs is 1. The van der Waals surface area contributed by atoms with Gasteiger partial charge in [-0.25, -0.2) is 9.97 Å². The summed E-state index contributed by atoms with van der Waals surface area (Å²) in [5, 5.41) is 13.1. The number of halogens is 3. The van der Waals surface area contributed by atoms with Crippen LogP contribution in [0.25, 0.3) is 22.3 Å². The summed E-state index contributed by atoms with van der Waals surface area (Å²) in [5.74, 6) is 0.437. The molecular formula is C23H24F3N5O. The van der Waals surface area contributed by atoms with E-state index in [2.05, 4.69) is 20.3 Å². The first-order chi connectivity index (χ1) is 15.4. The maximum atomic E-state index is 13.5. The number of rotatable bonds is 6. The zero-order valence-electron chi connectivity index (χ0n) is 17.7. The first-order valence-electron chi connectivity index (χ1n) is 10.8. The zero-order chi connectivity index (χ0) is 22.7. The summed E-state index contributed by atoms with van der Waals surface area (Å²) in [6.07, 6.45) is 1.39. The highest BCUT2D eigenvalue weighted by atomic mass is 19.4. The normalized spacial score (nSPS) is 15.1. The Morgan fingerprint density at radius 1 is 1.19 bits per heavy atom. The number of nitriles is 1. The molecule has 0 amide bonds. The molecule has 1 fully saturated rings. The molecule has 4 rings (SSSR count). The van der Waals surface area contributed by atoms with Gasteiger partial charge < -0.3 is 15.0 Å². The predicted octanol–water partition coefficient (Wildman–Crippen LogP) is 5.34. The van der Waals surface area contributed by atoms with Gasteiger partial charge in [-0.15, -0.1) is 0 Å². The molecule has 0 aliphatic heterocycles. The molecule has 1 aliphatic rings. The summed E-state index contributed by atoms with van der Waals surface area (Å²) in [6.45, 7) is 2.28. The van der Waals surface area contributed by atoms with E-state index in [-0.39, 0.29) is 29.3 Å². The molecule has 1 aliphatic carbocycles. The molecule has 1 saturated carbocycles. The minimum absolute atomic E-state index is 0.0695. The lowest BCUT2D eigenvalue weighted by Crippen LogP contribution is -2.30. The van der Waals surface area contributed by atoms with E-state index in [0.717, 1.165) is 18.9 Å². The van der Waals surface area contributed by atoms with Gasteiger partial charge in [-0.05, 0) is 44.0 Å². The number of aromatic nitrogens is 3. The van der Waals surface area contributed by atoms with Crippen molar-refractivity contribution < 1.29 is 17.9 Å². The van der Waals surface area contributed by atoms with Crippen LogP contribution in [0.2, 0.25) is 0 Å². The van der Waals surface area contributed by atoms with Gasteiger partial charge in [0.25, 0.3) is 0 Å². The second-order valence-electron chi connectivity index (χ2n) is 7.91. The number of nitrogens with zero attached hydrogens (tertiary/aromatic N) is 3. The van der Waals surface area contributed by atoms with Crippen molar-refractivity contribution in [1.29, 1.82) is 5.26 Å². The Labute approximate surface area is 183 Å². The number of alkyl halides is 3. The number of pyridine rings is 1. The van der Waals surface area contributed by atoms with Gasteiger partial charge in [0, 0.05) is 11.6 Å². The molecule has 0 atom stereocenters. The van der Waals surface area contributed by atoms with E-state index in [1.54, 1.807) is 13.0 Å². The molecule has 0 radical (unpaired) electrons. The third kappa shape index (κ3) is 4.70. The van der Waals surface area contributed by atoms with Crippen molar-refractivity contribution in [1.82, 2.24) is 20.3 Å². The molecule has 3 aromatic rings. The van der Waals surface area contributed by atoms with Gasteiger partial charge in [-0.2, -0.15) is 18.4 Å². The highest BCUT2D eigenvalue weighted by Crippen LogP contribution is 2.39. The van der Waals surface area contributed by atoms with E-state index in [0.29, 0.717) is 29.4 Å². The Kier molecular flexibility index (Phi) is 6.33. The summed E-state index contributed by atoms with van der Waals surface area (Å²) in [4.78, 5) is 12.0. The van der Waals surface area contributed by atoms with Crippen LogP contribution in [-0.2, 0) is 12.7 Å². The fourth-order valence-electron chi connectivity index (χ4n) is 4.11. The SMILES string of the molecule is CCOc1ccc(-c2cc3[nH]c(CNC4CCCCC4)nc3c(C#N)n2)cc1C(F)(F)F. The molecule has 1 aromatic carbocycles. The standard InChI is InChI=1S/C23H24F3N5O/c1-2-32-20-9-8-14(10-16(20)23(24,25)26)17-11-18-22(19(12-27)29-17)31-21(30-18)13-28-15-6-4-3-5-7-15/h8-11,15,28H,2-7,13H2,1H3,(H,30,31). The van der Waals surface area contributed by atoms with Crippen molar-refractivity contribution in [2.75, 3.05) is 6.61 Å². The topological polar surface area (TPSA) is 86.6 Å². The van der Waals surface area contributed by atoms with Crippen molar-refractivity contribution in [3.05, 3.63) is 41.3 Å². The molecule has 0 saturated heterocycles. The smallest absolute Gasteiger partial charge is 0.419 e. The van der Waals surface area contributed by atoms with E-state index >= 15 is 0 Å². The molecule has 168 valence electrons. The number of aromatic amines is 1. The highest BCUT2D eigenvalue weighted by molar-refractivity contribution is 5.84. The molecular weight excluding hydrogens is 419 g/mol. The summed E-state index contributed by atoms with van der Waals surface area (Å²) in [5.41, 5.74) is 0.682. The van der Waals surface area contributed by atoms with Gasteiger partial charge in [-0.3, -0.25) is 0 Å². The third-order valence-corrected chi connectivity index (χ3v) is 5.67. The summed E-state index contributed by atoms with van der Waals surface area (Å²) in [6, 6.07) is 7.89. The lowest BCUT2D eigenvalue weighted by molar-refractivity contribution is -0.138. The molecule has 2 N–H and O–H groups in total. The van der Waals surface area contributed by atoms with Gasteiger partial charge in [-0.1, -0.05) is 19.3 Å². The van der Waals surface area contributed by atoms with Crippen molar-refractivity contribution in [2.24, 2.45) is 0 Å². The second-order valence-corrected chi connectivity index (χ2v) is 7.91. The minimum atomic E-state index is -4.57. The van der Waals surface area contributed by atoms with Crippen molar-refractivity contribution in [3.8, 4) is 23.1 Å². The second kappa shape index (κ2) is 9.17. The number of H-pyrrole nitrogens is 1. The van der Waals surface area contributed by atoms with E-state index in [4.69, 9.17) is 4.74 Å². The quantitative estimate of drug-likeness (QED) is 0.537. The number of benzene rings is 1. The lowest BCUT2D eigenvalue weighted by atomic mass is 9.95. The molecule has 9 heteroatoms. The van der Waals surface area contributed by atoms with Crippen LogP contribution >= 0.6 is 0 Å². The van der Waals surface area contributed by atoms with Gasteiger partial charge in [0.2, 0.25) is 0 Å². The van der Waals surface area contributed by atoms with Crippen LogP contribution < -0.4 is 10.1 Å². The maximum Gasteiger partial charge on any atom is 0.419 e. The minimum Gasteiger partial charge on any atom is -0.493 e.